The van der Waals surface area contributed by atoms with Gasteiger partial charge in [-0.3, -0.25) is 9.69 Å². The van der Waals surface area contributed by atoms with Gasteiger partial charge in [-0.2, -0.15) is 4.98 Å². The van der Waals surface area contributed by atoms with Gasteiger partial charge in [-0.25, -0.2) is 4.98 Å². The van der Waals surface area contributed by atoms with Crippen LogP contribution in [0.4, 0.5) is 30.5 Å². The van der Waals surface area contributed by atoms with Crippen LogP contribution in [0, 0.1) is 12.3 Å². The lowest BCUT2D eigenvalue weighted by Gasteiger charge is -2.55. The number of fused-ring (bicyclic) bond motifs is 1. The van der Waals surface area contributed by atoms with E-state index in [4.69, 9.17) is 9.47 Å². The Kier molecular flexibility index (Phi) is 7.77. The fraction of sp³-hybridized carbons (Fsp3) is 0.324. The minimum atomic E-state index is -4.77. The molecule has 46 heavy (non-hydrogen) atoms. The maximum Gasteiger partial charge on any atom is 0.573 e. The zero-order valence-electron chi connectivity index (χ0n) is 25.1. The molecule has 3 aromatic carbocycles. The maximum absolute atomic E-state index is 13.2. The van der Waals surface area contributed by atoms with E-state index in [1.165, 1.54) is 24.3 Å². The Hall–Kier alpha value is -4.68. The first kappa shape index (κ1) is 30.0. The van der Waals surface area contributed by atoms with Crippen LogP contribution >= 0.6 is 0 Å². The highest BCUT2D eigenvalue weighted by Crippen LogP contribution is 2.38. The van der Waals surface area contributed by atoms with Crippen molar-refractivity contribution in [2.24, 2.45) is 5.41 Å². The van der Waals surface area contributed by atoms with Gasteiger partial charge in [0.15, 0.2) is 0 Å². The number of rotatable bonds is 8. The van der Waals surface area contributed by atoms with E-state index in [0.29, 0.717) is 46.8 Å². The normalized spacial score (nSPS) is 16.9. The summed E-state index contributed by atoms with van der Waals surface area (Å²) >= 11 is 0. The minimum absolute atomic E-state index is 0.222. The second kappa shape index (κ2) is 11.9. The van der Waals surface area contributed by atoms with Gasteiger partial charge in [0, 0.05) is 53.1 Å². The van der Waals surface area contributed by atoms with Gasteiger partial charge in [-0.15, -0.1) is 13.2 Å². The van der Waals surface area contributed by atoms with Gasteiger partial charge < -0.3 is 24.8 Å². The van der Waals surface area contributed by atoms with Crippen molar-refractivity contribution in [1.82, 2.24) is 14.9 Å². The van der Waals surface area contributed by atoms with Crippen LogP contribution in [-0.2, 0) is 17.7 Å². The lowest BCUT2D eigenvalue weighted by molar-refractivity contribution is -0.274. The van der Waals surface area contributed by atoms with Crippen molar-refractivity contribution in [2.45, 2.75) is 32.7 Å². The topological polar surface area (TPSA) is 97.8 Å². The maximum atomic E-state index is 13.2. The molecule has 2 N–H and O–H groups in total. The number of nitrogens with one attached hydrogen (secondary N) is 2. The number of alkyl halides is 3. The van der Waals surface area contributed by atoms with Crippen molar-refractivity contribution < 1.29 is 32.2 Å². The Labute approximate surface area is 263 Å². The summed E-state index contributed by atoms with van der Waals surface area (Å²) < 4.78 is 53.1. The summed E-state index contributed by atoms with van der Waals surface area (Å²) in [4.78, 5) is 24.8. The Morgan fingerprint density at radius 3 is 2.48 bits per heavy atom. The highest BCUT2D eigenvalue weighted by Gasteiger charge is 2.48. The molecule has 4 heterocycles. The molecule has 0 radical (unpaired) electrons. The van der Waals surface area contributed by atoms with Crippen LogP contribution in [0.25, 0.3) is 11.3 Å². The molecule has 1 amide bonds. The summed E-state index contributed by atoms with van der Waals surface area (Å²) in [6.45, 7) is 7.10. The number of carbonyl (C=O) groups excluding carboxylic acids is 1. The van der Waals surface area contributed by atoms with Crippen molar-refractivity contribution in [1.29, 1.82) is 0 Å². The van der Waals surface area contributed by atoms with Gasteiger partial charge in [0.2, 0.25) is 11.8 Å². The lowest BCUT2D eigenvalue weighted by Crippen LogP contribution is -2.65. The molecule has 0 unspecified atom stereocenters. The van der Waals surface area contributed by atoms with Crippen LogP contribution in [-0.4, -0.2) is 60.0 Å². The van der Waals surface area contributed by atoms with E-state index in [1.54, 1.807) is 24.3 Å². The Bertz CT molecular complexity index is 1750. The molecule has 12 heteroatoms. The molecule has 3 aliphatic heterocycles. The number of aryl methyl sites for hydroxylation is 1. The standard InChI is InChI=1S/C34H32F3N5O4/c1-21-4-5-22(16-42-17-33(18-42)19-44-20-33)15-28(21)39-30(43)24-6-10-25(11-7-24)38-32-40-29(27-3-2-14-45-31(27)41-32)23-8-12-26(13-9-23)46-34(35,36)37/h4-13,15H,2-3,14,16-20H2,1H3,(H,39,43)(H,38,40,41). The molecule has 1 spiro atoms. The molecule has 2 fully saturated rings. The van der Waals surface area contributed by atoms with Crippen molar-refractivity contribution in [2.75, 3.05) is 43.5 Å². The van der Waals surface area contributed by atoms with Crippen molar-refractivity contribution in [3.8, 4) is 22.9 Å². The van der Waals surface area contributed by atoms with Gasteiger partial charge in [0.25, 0.3) is 5.91 Å². The van der Waals surface area contributed by atoms with Crippen molar-refractivity contribution in [3.63, 3.8) is 0 Å². The molecule has 2 saturated heterocycles. The van der Waals surface area contributed by atoms with E-state index >= 15 is 0 Å². The van der Waals surface area contributed by atoms with Gasteiger partial charge >= 0.3 is 6.36 Å². The zero-order valence-corrected chi connectivity index (χ0v) is 25.1. The van der Waals surface area contributed by atoms with Gasteiger partial charge in [0.1, 0.15) is 5.75 Å². The first-order valence-electron chi connectivity index (χ1n) is 15.1. The van der Waals surface area contributed by atoms with E-state index < -0.39 is 6.36 Å². The number of anilines is 3. The summed E-state index contributed by atoms with van der Waals surface area (Å²) in [5, 5.41) is 6.21. The monoisotopic (exact) mass is 631 g/mol. The van der Waals surface area contributed by atoms with E-state index in [-0.39, 0.29) is 17.6 Å². The summed E-state index contributed by atoms with van der Waals surface area (Å²) in [5.41, 5.74) is 6.35. The van der Waals surface area contributed by atoms with Crippen molar-refractivity contribution >= 4 is 23.2 Å². The summed E-state index contributed by atoms with van der Waals surface area (Å²) in [5.74, 6) is 0.146. The van der Waals surface area contributed by atoms with E-state index in [0.717, 1.165) is 61.6 Å². The quantitative estimate of drug-likeness (QED) is 0.227. The lowest BCUT2D eigenvalue weighted by atomic mass is 9.78. The average molecular weight is 632 g/mol. The third-order valence-corrected chi connectivity index (χ3v) is 8.43. The first-order valence-corrected chi connectivity index (χ1v) is 15.1. The molecule has 0 saturated carbocycles. The number of nitrogens with zero attached hydrogens (tertiary/aromatic N) is 3. The van der Waals surface area contributed by atoms with Crippen molar-refractivity contribution in [3.05, 3.63) is 89.0 Å². The second-order valence-corrected chi connectivity index (χ2v) is 12.1. The van der Waals surface area contributed by atoms with Crippen LogP contribution < -0.4 is 20.1 Å². The highest BCUT2D eigenvalue weighted by atomic mass is 19.4. The number of halogens is 3. The molecular formula is C34H32F3N5O4. The summed E-state index contributed by atoms with van der Waals surface area (Å²) in [6, 6.07) is 18.7. The second-order valence-electron chi connectivity index (χ2n) is 12.1. The first-order chi connectivity index (χ1) is 22.1. The number of carbonyl (C=O) groups is 1. The third-order valence-electron chi connectivity index (χ3n) is 8.43. The number of benzene rings is 3. The van der Waals surface area contributed by atoms with Crippen LogP contribution in [0.1, 0.15) is 33.5 Å². The molecule has 1 aromatic heterocycles. The minimum Gasteiger partial charge on any atom is -0.477 e. The molecule has 0 atom stereocenters. The molecule has 238 valence electrons. The highest BCUT2D eigenvalue weighted by molar-refractivity contribution is 6.04. The van der Waals surface area contributed by atoms with Crippen LogP contribution in [0.2, 0.25) is 0 Å². The fourth-order valence-corrected chi connectivity index (χ4v) is 6.11. The Morgan fingerprint density at radius 2 is 1.78 bits per heavy atom. The third kappa shape index (κ3) is 6.49. The van der Waals surface area contributed by atoms with E-state index in [2.05, 4.69) is 36.3 Å². The number of aromatic nitrogens is 2. The largest absolute Gasteiger partial charge is 0.573 e. The molecular weight excluding hydrogens is 599 g/mol. The predicted molar refractivity (Wildman–Crippen MR) is 165 cm³/mol. The predicted octanol–water partition coefficient (Wildman–Crippen LogP) is 6.50. The fourth-order valence-electron chi connectivity index (χ4n) is 6.11. The van der Waals surface area contributed by atoms with Crippen LogP contribution in [0.15, 0.2) is 66.7 Å². The van der Waals surface area contributed by atoms with E-state index in [9.17, 15) is 18.0 Å². The Morgan fingerprint density at radius 1 is 1.02 bits per heavy atom. The van der Waals surface area contributed by atoms with E-state index in [1.807, 2.05) is 19.1 Å². The number of amides is 1. The zero-order chi connectivity index (χ0) is 31.9. The average Bonchev–Trinajstić information content (AvgIpc) is 2.99. The number of ether oxygens (including phenoxy) is 3. The number of hydrogen-bond donors (Lipinski definition) is 2. The Balaban J connectivity index is 1.03. The number of likely N-dealkylation sites (tertiary alicyclic amines) is 1. The molecule has 9 nitrogen and oxygen atoms in total. The smallest absolute Gasteiger partial charge is 0.477 e. The molecule has 7 rings (SSSR count). The number of hydrogen-bond acceptors (Lipinski definition) is 8. The van der Waals surface area contributed by atoms with Gasteiger partial charge in [-0.05, 0) is 85.5 Å². The van der Waals surface area contributed by atoms with Gasteiger partial charge in [-0.1, -0.05) is 12.1 Å². The summed E-state index contributed by atoms with van der Waals surface area (Å²) in [7, 11) is 0. The molecule has 4 aromatic rings. The summed E-state index contributed by atoms with van der Waals surface area (Å²) in [6.07, 6.45) is -3.33. The molecule has 3 aliphatic rings. The molecule has 0 aliphatic carbocycles. The van der Waals surface area contributed by atoms with Crippen LogP contribution in [0.3, 0.4) is 0 Å². The van der Waals surface area contributed by atoms with Gasteiger partial charge in [0.05, 0.1) is 25.5 Å². The SMILES string of the molecule is Cc1ccc(CN2CC3(COC3)C2)cc1NC(=O)c1ccc(Nc2nc3c(c(-c4ccc(OC(F)(F)F)cc4)n2)CCCO3)cc1. The molecule has 0 bridgehead atoms. The van der Waals surface area contributed by atoms with Crippen LogP contribution in [0.5, 0.6) is 11.6 Å².